The molecule has 1 saturated heterocycles. The third kappa shape index (κ3) is 4.23. The van der Waals surface area contributed by atoms with Crippen LogP contribution in [0, 0.1) is 13.8 Å². The molecule has 1 amide bonds. The number of ether oxygens (including phenoxy) is 1. The van der Waals surface area contributed by atoms with E-state index in [4.69, 9.17) is 20.8 Å². The van der Waals surface area contributed by atoms with Gasteiger partial charge in [0, 0.05) is 31.2 Å². The lowest BCUT2D eigenvalue weighted by atomic mass is 10.1. The summed E-state index contributed by atoms with van der Waals surface area (Å²) in [7, 11) is -2.81. The van der Waals surface area contributed by atoms with Crippen molar-refractivity contribution in [2.24, 2.45) is 0 Å². The molecule has 0 radical (unpaired) electrons. The van der Waals surface area contributed by atoms with Crippen molar-refractivity contribution in [3.8, 4) is 0 Å². The molecule has 0 saturated carbocycles. The monoisotopic (exact) mass is 454 g/mol. The molecular weight excluding hydrogens is 432 g/mol. The van der Waals surface area contributed by atoms with Crippen molar-refractivity contribution < 1.29 is 27.2 Å². The van der Waals surface area contributed by atoms with Crippen molar-refractivity contribution >= 4 is 33.5 Å². The van der Waals surface area contributed by atoms with E-state index in [1.54, 1.807) is 23.1 Å². The Morgan fingerprint density at radius 2 is 1.73 bits per heavy atom. The maximum absolute atomic E-state index is 13.2. The second kappa shape index (κ2) is 8.79. The summed E-state index contributed by atoms with van der Waals surface area (Å²) in [6, 6.07) is 7.12. The maximum atomic E-state index is 13.2. The van der Waals surface area contributed by atoms with Gasteiger partial charge in [0.2, 0.25) is 15.9 Å². The number of hydrogen-bond donors (Lipinski definition) is 0. The van der Waals surface area contributed by atoms with Gasteiger partial charge in [-0.2, -0.15) is 4.31 Å². The average molecular weight is 455 g/mol. The van der Waals surface area contributed by atoms with Gasteiger partial charge in [0.1, 0.15) is 22.0 Å². The smallest absolute Gasteiger partial charge is 0.342 e. The number of methoxy groups -OCH3 is 1. The van der Waals surface area contributed by atoms with Crippen LogP contribution in [0.25, 0.3) is 0 Å². The third-order valence-electron chi connectivity index (χ3n) is 5.08. The Kier molecular flexibility index (Phi) is 6.54. The second-order valence-electron chi connectivity index (χ2n) is 6.96. The highest BCUT2D eigenvalue weighted by Crippen LogP contribution is 2.30. The number of rotatable bonds is 5. The standard InChI is InChI=1S/C20H23ClN2O6S/c1-13-18(20(25)28-3)19(14(2)29-13)30(26,27)23-10-8-22(9-11-23)17(24)12-15-6-4-5-7-16(15)21/h4-7H,8-12H2,1-3H3. The zero-order valence-corrected chi connectivity index (χ0v) is 18.5. The molecule has 3 rings (SSSR count). The largest absolute Gasteiger partial charge is 0.465 e. The maximum Gasteiger partial charge on any atom is 0.342 e. The summed E-state index contributed by atoms with van der Waals surface area (Å²) in [6.45, 7) is 3.72. The molecular formula is C20H23ClN2O6S. The molecule has 162 valence electrons. The molecule has 10 heteroatoms. The minimum Gasteiger partial charge on any atom is -0.465 e. The van der Waals surface area contributed by atoms with Gasteiger partial charge in [-0.15, -0.1) is 0 Å². The Morgan fingerprint density at radius 3 is 2.33 bits per heavy atom. The molecule has 0 aliphatic carbocycles. The molecule has 1 aromatic carbocycles. The number of benzene rings is 1. The molecule has 1 fully saturated rings. The quantitative estimate of drug-likeness (QED) is 0.643. The van der Waals surface area contributed by atoms with Crippen molar-refractivity contribution in [3.63, 3.8) is 0 Å². The Morgan fingerprint density at radius 1 is 1.10 bits per heavy atom. The van der Waals surface area contributed by atoms with Crippen molar-refractivity contribution in [3.05, 3.63) is 51.9 Å². The van der Waals surface area contributed by atoms with Gasteiger partial charge in [0.25, 0.3) is 0 Å². The normalized spacial score (nSPS) is 15.3. The van der Waals surface area contributed by atoms with E-state index < -0.39 is 16.0 Å². The minimum absolute atomic E-state index is 0.0905. The van der Waals surface area contributed by atoms with E-state index >= 15 is 0 Å². The number of esters is 1. The lowest BCUT2D eigenvalue weighted by molar-refractivity contribution is -0.131. The number of halogens is 1. The summed E-state index contributed by atoms with van der Waals surface area (Å²) in [5.41, 5.74) is 0.638. The molecule has 0 atom stereocenters. The van der Waals surface area contributed by atoms with Gasteiger partial charge in [-0.1, -0.05) is 29.8 Å². The van der Waals surface area contributed by atoms with E-state index in [2.05, 4.69) is 0 Å². The van der Waals surface area contributed by atoms with Crippen LogP contribution >= 0.6 is 11.6 Å². The number of sulfonamides is 1. The summed E-state index contributed by atoms with van der Waals surface area (Å²) in [6.07, 6.45) is 0.152. The van der Waals surface area contributed by atoms with Crippen LogP contribution in [0.3, 0.4) is 0 Å². The van der Waals surface area contributed by atoms with Gasteiger partial charge in [-0.05, 0) is 25.5 Å². The Balaban J connectivity index is 1.74. The number of piperazine rings is 1. The number of carbonyl (C=O) groups excluding carboxylic acids is 2. The predicted molar refractivity (Wildman–Crippen MR) is 110 cm³/mol. The van der Waals surface area contributed by atoms with Crippen molar-refractivity contribution in [2.75, 3.05) is 33.3 Å². The molecule has 2 aromatic rings. The summed E-state index contributed by atoms with van der Waals surface area (Å²) in [5, 5.41) is 0.521. The fraction of sp³-hybridized carbons (Fsp3) is 0.400. The molecule has 1 aromatic heterocycles. The van der Waals surface area contributed by atoms with Gasteiger partial charge in [-0.25, -0.2) is 13.2 Å². The molecule has 0 spiro atoms. The van der Waals surface area contributed by atoms with Crippen LogP contribution in [-0.2, 0) is 26.0 Å². The van der Waals surface area contributed by atoms with Crippen molar-refractivity contribution in [2.45, 2.75) is 25.2 Å². The topological polar surface area (TPSA) is 97.1 Å². The fourth-order valence-corrected chi connectivity index (χ4v) is 5.53. The number of furan rings is 1. The molecule has 1 aliphatic rings. The number of nitrogens with zero attached hydrogens (tertiary/aromatic N) is 2. The van der Waals surface area contributed by atoms with Gasteiger partial charge < -0.3 is 14.1 Å². The molecule has 8 nitrogen and oxygen atoms in total. The summed E-state index contributed by atoms with van der Waals surface area (Å²) in [5.74, 6) is -0.571. The van der Waals surface area contributed by atoms with Crippen LogP contribution in [0.5, 0.6) is 0 Å². The van der Waals surface area contributed by atoms with E-state index in [1.807, 2.05) is 6.07 Å². The van der Waals surface area contributed by atoms with Crippen LogP contribution in [0.1, 0.15) is 27.4 Å². The molecule has 0 N–H and O–H groups in total. The summed E-state index contributed by atoms with van der Waals surface area (Å²) < 4.78 is 37.8. The molecule has 1 aliphatic heterocycles. The first-order valence-electron chi connectivity index (χ1n) is 9.36. The molecule has 2 heterocycles. The van der Waals surface area contributed by atoms with E-state index in [1.165, 1.54) is 25.3 Å². The van der Waals surface area contributed by atoms with E-state index in [-0.39, 0.29) is 60.5 Å². The lowest BCUT2D eigenvalue weighted by Crippen LogP contribution is -2.51. The predicted octanol–water partition coefficient (Wildman–Crippen LogP) is 2.41. The number of aryl methyl sites for hydroxylation is 2. The third-order valence-corrected chi connectivity index (χ3v) is 7.50. The summed E-state index contributed by atoms with van der Waals surface area (Å²) in [4.78, 5) is 26.2. The fourth-order valence-electron chi connectivity index (χ4n) is 3.54. The Bertz CT molecular complexity index is 1070. The first kappa shape index (κ1) is 22.3. The van der Waals surface area contributed by atoms with Crippen LogP contribution in [0.15, 0.2) is 33.6 Å². The van der Waals surface area contributed by atoms with Crippen LogP contribution < -0.4 is 0 Å². The SMILES string of the molecule is COC(=O)c1c(C)oc(C)c1S(=O)(=O)N1CCN(C(=O)Cc2ccccc2Cl)CC1. The van der Waals surface area contributed by atoms with E-state index in [0.717, 1.165) is 5.56 Å². The van der Waals surface area contributed by atoms with Crippen LogP contribution in [0.2, 0.25) is 5.02 Å². The lowest BCUT2D eigenvalue weighted by Gasteiger charge is -2.34. The van der Waals surface area contributed by atoms with Gasteiger partial charge in [0.05, 0.1) is 13.5 Å². The number of hydrogen-bond acceptors (Lipinski definition) is 6. The van der Waals surface area contributed by atoms with Crippen LogP contribution in [0.4, 0.5) is 0 Å². The van der Waals surface area contributed by atoms with Crippen molar-refractivity contribution in [1.29, 1.82) is 0 Å². The first-order chi connectivity index (χ1) is 14.2. The van der Waals surface area contributed by atoms with Crippen molar-refractivity contribution in [1.82, 2.24) is 9.21 Å². The summed E-state index contributed by atoms with van der Waals surface area (Å²) >= 11 is 6.12. The second-order valence-corrected chi connectivity index (χ2v) is 9.25. The van der Waals surface area contributed by atoms with Gasteiger partial charge in [-0.3, -0.25) is 4.79 Å². The first-order valence-corrected chi connectivity index (χ1v) is 11.2. The van der Waals surface area contributed by atoms with E-state index in [0.29, 0.717) is 5.02 Å². The zero-order valence-electron chi connectivity index (χ0n) is 17.0. The molecule has 0 bridgehead atoms. The average Bonchev–Trinajstić information content (AvgIpc) is 3.03. The van der Waals surface area contributed by atoms with Gasteiger partial charge >= 0.3 is 5.97 Å². The van der Waals surface area contributed by atoms with Gasteiger partial charge in [0.15, 0.2) is 0 Å². The highest BCUT2D eigenvalue weighted by Gasteiger charge is 2.37. The molecule has 30 heavy (non-hydrogen) atoms. The highest BCUT2D eigenvalue weighted by atomic mass is 35.5. The minimum atomic E-state index is -3.99. The van der Waals surface area contributed by atoms with Crippen LogP contribution in [-0.4, -0.2) is 62.8 Å². The van der Waals surface area contributed by atoms with E-state index in [9.17, 15) is 18.0 Å². The zero-order chi connectivity index (χ0) is 22.1. The highest BCUT2D eigenvalue weighted by molar-refractivity contribution is 7.89. The number of amides is 1. The Hall–Kier alpha value is -2.36. The number of carbonyl (C=O) groups is 2. The Labute approximate surface area is 180 Å². The molecule has 0 unspecified atom stereocenters.